The van der Waals surface area contributed by atoms with Crippen LogP contribution in [0.3, 0.4) is 0 Å². The summed E-state index contributed by atoms with van der Waals surface area (Å²) in [7, 11) is -3.97. The molecule has 5 rings (SSSR count). The Hall–Kier alpha value is -3.07. The predicted molar refractivity (Wildman–Crippen MR) is 118 cm³/mol. The van der Waals surface area contributed by atoms with Gasteiger partial charge in [-0.05, 0) is 68.5 Å². The highest BCUT2D eigenvalue weighted by molar-refractivity contribution is 7.87. The van der Waals surface area contributed by atoms with Crippen molar-refractivity contribution in [1.82, 2.24) is 9.97 Å². The van der Waals surface area contributed by atoms with Crippen molar-refractivity contribution in [2.24, 2.45) is 5.92 Å². The van der Waals surface area contributed by atoms with Crippen molar-refractivity contribution in [1.29, 1.82) is 0 Å². The third-order valence-electron chi connectivity index (χ3n) is 5.70. The quantitative estimate of drug-likeness (QED) is 0.567. The number of nitrogens with zero attached hydrogens (tertiary/aromatic N) is 2. The summed E-state index contributed by atoms with van der Waals surface area (Å²) in [6.07, 6.45) is 5.36. The van der Waals surface area contributed by atoms with Gasteiger partial charge in [0.05, 0.1) is 11.0 Å². The van der Waals surface area contributed by atoms with Crippen LogP contribution in [0.1, 0.15) is 32.1 Å². The number of hydrogen-bond donors (Lipinski definition) is 2. The smallest absolute Gasteiger partial charge is 0.339 e. The zero-order chi connectivity index (χ0) is 21.4. The van der Waals surface area contributed by atoms with Gasteiger partial charge in [-0.3, -0.25) is 10.1 Å². The highest BCUT2D eigenvalue weighted by atomic mass is 32.2. The highest BCUT2D eigenvalue weighted by Crippen LogP contribution is 2.30. The predicted octanol–water partition coefficient (Wildman–Crippen LogP) is 3.67. The normalized spacial score (nSPS) is 17.0. The van der Waals surface area contributed by atoms with E-state index >= 15 is 0 Å². The zero-order valence-electron chi connectivity index (χ0n) is 17.0. The standard InChI is InChI=1S/C22H24N4O4S/c27-21(15-4-5-15)25-22-23-19-11-8-17(14-20(19)24-22)30-31(28,29)18-9-6-16(7-10-18)26-12-2-1-3-13-26/h6-11,14-15H,1-5,12-13H2,(H2,23,24,25,27). The number of benzene rings is 2. The fourth-order valence-corrected chi connectivity index (χ4v) is 4.73. The second kappa shape index (κ2) is 7.88. The van der Waals surface area contributed by atoms with Gasteiger partial charge in [0, 0.05) is 30.8 Å². The first kappa shape index (κ1) is 19.9. The number of carbonyl (C=O) groups excluding carboxylic acids is 1. The van der Waals surface area contributed by atoms with E-state index in [1.807, 2.05) is 12.1 Å². The number of hydrogen-bond acceptors (Lipinski definition) is 6. The number of aromatic nitrogens is 2. The lowest BCUT2D eigenvalue weighted by Crippen LogP contribution is -2.29. The van der Waals surface area contributed by atoms with Crippen LogP contribution in [-0.2, 0) is 14.9 Å². The Bertz CT molecular complexity index is 1210. The minimum atomic E-state index is -3.97. The molecule has 0 unspecified atom stereocenters. The Balaban J connectivity index is 1.31. The van der Waals surface area contributed by atoms with Crippen molar-refractivity contribution < 1.29 is 17.4 Å². The molecule has 0 radical (unpaired) electrons. The number of piperidine rings is 1. The van der Waals surface area contributed by atoms with Gasteiger partial charge < -0.3 is 14.1 Å². The average Bonchev–Trinajstić information content (AvgIpc) is 3.55. The molecule has 1 aliphatic heterocycles. The molecule has 2 heterocycles. The summed E-state index contributed by atoms with van der Waals surface area (Å²) in [6.45, 7) is 1.99. The van der Waals surface area contributed by atoms with Gasteiger partial charge in [-0.25, -0.2) is 4.98 Å². The number of amides is 1. The summed E-state index contributed by atoms with van der Waals surface area (Å²) < 4.78 is 30.8. The van der Waals surface area contributed by atoms with Crippen LogP contribution >= 0.6 is 0 Å². The van der Waals surface area contributed by atoms with E-state index in [-0.39, 0.29) is 22.5 Å². The van der Waals surface area contributed by atoms with E-state index in [9.17, 15) is 13.2 Å². The third kappa shape index (κ3) is 4.36. The number of aromatic amines is 1. The van der Waals surface area contributed by atoms with E-state index in [0.717, 1.165) is 44.5 Å². The Morgan fingerprint density at radius 2 is 1.81 bits per heavy atom. The van der Waals surface area contributed by atoms with E-state index in [4.69, 9.17) is 4.18 Å². The number of imidazole rings is 1. The third-order valence-corrected chi connectivity index (χ3v) is 6.96. The van der Waals surface area contributed by atoms with Gasteiger partial charge in [-0.15, -0.1) is 0 Å². The largest absolute Gasteiger partial charge is 0.379 e. The van der Waals surface area contributed by atoms with Gasteiger partial charge in [0.2, 0.25) is 11.9 Å². The van der Waals surface area contributed by atoms with Crippen LogP contribution in [0.25, 0.3) is 11.0 Å². The fourth-order valence-electron chi connectivity index (χ4n) is 3.81. The van der Waals surface area contributed by atoms with E-state index in [1.165, 1.54) is 12.5 Å². The SMILES string of the molecule is O=C(Nc1nc2cc(OS(=O)(=O)c3ccc(N4CCCCC4)cc3)ccc2[nH]1)C1CC1. The Kier molecular flexibility index (Phi) is 5.05. The maximum Gasteiger partial charge on any atom is 0.339 e. The summed E-state index contributed by atoms with van der Waals surface area (Å²) in [4.78, 5) is 21.6. The molecule has 2 aromatic carbocycles. The number of carbonyl (C=O) groups is 1. The first-order valence-corrected chi connectivity index (χ1v) is 12.0. The average molecular weight is 441 g/mol. The van der Waals surface area contributed by atoms with Crippen LogP contribution in [-0.4, -0.2) is 37.4 Å². The number of fused-ring (bicyclic) bond motifs is 1. The van der Waals surface area contributed by atoms with Crippen molar-refractivity contribution in [3.05, 3.63) is 42.5 Å². The van der Waals surface area contributed by atoms with Crippen molar-refractivity contribution in [3.8, 4) is 5.75 Å². The molecule has 0 spiro atoms. The minimum absolute atomic E-state index is 0.0499. The Morgan fingerprint density at radius 3 is 2.52 bits per heavy atom. The lowest BCUT2D eigenvalue weighted by molar-refractivity contribution is -0.117. The van der Waals surface area contributed by atoms with Gasteiger partial charge >= 0.3 is 10.1 Å². The molecule has 0 atom stereocenters. The minimum Gasteiger partial charge on any atom is -0.379 e. The summed E-state index contributed by atoms with van der Waals surface area (Å²) in [5.41, 5.74) is 2.22. The monoisotopic (exact) mass is 440 g/mol. The molecule has 1 amide bonds. The molecule has 162 valence electrons. The summed E-state index contributed by atoms with van der Waals surface area (Å²) >= 11 is 0. The maximum absolute atomic E-state index is 12.7. The van der Waals surface area contributed by atoms with Crippen molar-refractivity contribution in [2.45, 2.75) is 37.0 Å². The number of nitrogens with one attached hydrogen (secondary N) is 2. The van der Waals surface area contributed by atoms with E-state index in [2.05, 4.69) is 20.2 Å². The molecular formula is C22H24N4O4S. The number of H-pyrrole nitrogens is 1. The maximum atomic E-state index is 12.7. The second-order valence-corrected chi connectivity index (χ2v) is 9.65. The number of rotatable bonds is 6. The molecule has 1 saturated carbocycles. The molecule has 2 aliphatic rings. The van der Waals surface area contributed by atoms with Gasteiger partial charge in [0.25, 0.3) is 0 Å². The van der Waals surface area contributed by atoms with Crippen LogP contribution in [0.4, 0.5) is 11.6 Å². The van der Waals surface area contributed by atoms with E-state index in [1.54, 1.807) is 24.3 Å². The summed E-state index contributed by atoms with van der Waals surface area (Å²) in [5, 5.41) is 2.75. The molecule has 31 heavy (non-hydrogen) atoms. The lowest BCUT2D eigenvalue weighted by atomic mass is 10.1. The second-order valence-electron chi connectivity index (χ2n) is 8.11. The van der Waals surface area contributed by atoms with Crippen molar-refractivity contribution >= 4 is 38.7 Å². The molecule has 2 fully saturated rings. The zero-order valence-corrected chi connectivity index (χ0v) is 17.8. The van der Waals surface area contributed by atoms with Crippen molar-refractivity contribution in [2.75, 3.05) is 23.3 Å². The first-order chi connectivity index (χ1) is 15.0. The fraction of sp³-hybridized carbons (Fsp3) is 0.364. The molecule has 8 nitrogen and oxygen atoms in total. The molecule has 1 aliphatic carbocycles. The Labute approximate surface area is 180 Å². The molecule has 3 aromatic rings. The van der Waals surface area contributed by atoms with Gasteiger partial charge in [0.15, 0.2) is 0 Å². The molecule has 1 saturated heterocycles. The van der Waals surface area contributed by atoms with Crippen LogP contribution in [0, 0.1) is 5.92 Å². The molecule has 2 N–H and O–H groups in total. The molecule has 9 heteroatoms. The van der Waals surface area contributed by atoms with E-state index < -0.39 is 10.1 Å². The van der Waals surface area contributed by atoms with Crippen LogP contribution in [0.2, 0.25) is 0 Å². The van der Waals surface area contributed by atoms with Gasteiger partial charge in [-0.2, -0.15) is 8.42 Å². The molecule has 0 bridgehead atoms. The van der Waals surface area contributed by atoms with Gasteiger partial charge in [-0.1, -0.05) is 0 Å². The number of anilines is 2. The summed E-state index contributed by atoms with van der Waals surface area (Å²) in [5.74, 6) is 0.532. The molecule has 1 aromatic heterocycles. The van der Waals surface area contributed by atoms with Crippen LogP contribution in [0.5, 0.6) is 5.75 Å². The highest BCUT2D eigenvalue weighted by Gasteiger charge is 2.30. The lowest BCUT2D eigenvalue weighted by Gasteiger charge is -2.28. The van der Waals surface area contributed by atoms with Crippen molar-refractivity contribution in [3.63, 3.8) is 0 Å². The molecular weight excluding hydrogens is 416 g/mol. The van der Waals surface area contributed by atoms with Crippen LogP contribution < -0.4 is 14.4 Å². The van der Waals surface area contributed by atoms with Gasteiger partial charge in [0.1, 0.15) is 10.6 Å². The van der Waals surface area contributed by atoms with Crippen LogP contribution in [0.15, 0.2) is 47.4 Å². The first-order valence-electron chi connectivity index (χ1n) is 10.6. The van der Waals surface area contributed by atoms with E-state index in [0.29, 0.717) is 17.0 Å². The Morgan fingerprint density at radius 1 is 1.06 bits per heavy atom. The topological polar surface area (TPSA) is 104 Å². The summed E-state index contributed by atoms with van der Waals surface area (Å²) in [6, 6.07) is 11.6.